The molecule has 2 heterocycles. The molecule has 0 spiro atoms. The van der Waals surface area contributed by atoms with E-state index in [1.165, 1.54) is 12.1 Å². The van der Waals surface area contributed by atoms with Gasteiger partial charge in [0.2, 0.25) is 0 Å². The number of carbonyl (C=O) groups excluding carboxylic acids is 1. The van der Waals surface area contributed by atoms with Crippen molar-refractivity contribution in [1.29, 1.82) is 0 Å². The van der Waals surface area contributed by atoms with Gasteiger partial charge in [0.25, 0.3) is 5.91 Å². The average Bonchev–Trinajstić information content (AvgIpc) is 2.77. The lowest BCUT2D eigenvalue weighted by Crippen LogP contribution is -2.20. The highest BCUT2D eigenvalue weighted by molar-refractivity contribution is 6.08. The number of benzene rings is 2. The lowest BCUT2D eigenvalue weighted by atomic mass is 10.0. The molecule has 0 fully saturated rings. The van der Waals surface area contributed by atoms with Crippen molar-refractivity contribution in [3.05, 3.63) is 96.1 Å². The number of para-hydroxylation sites is 1. The summed E-state index contributed by atoms with van der Waals surface area (Å²) in [6.07, 6.45) is 3.34. The van der Waals surface area contributed by atoms with Gasteiger partial charge in [-0.2, -0.15) is 5.10 Å². The molecular formula is C23H17FN4O. The highest BCUT2D eigenvalue weighted by Gasteiger charge is 2.14. The summed E-state index contributed by atoms with van der Waals surface area (Å²) < 4.78 is 13.3. The zero-order chi connectivity index (χ0) is 20.2. The van der Waals surface area contributed by atoms with Crippen LogP contribution in [-0.2, 0) is 0 Å². The molecule has 2 aromatic carbocycles. The molecule has 1 amide bonds. The van der Waals surface area contributed by atoms with Crippen molar-refractivity contribution in [2.75, 3.05) is 0 Å². The van der Waals surface area contributed by atoms with Crippen molar-refractivity contribution in [2.24, 2.45) is 5.10 Å². The third-order valence-corrected chi connectivity index (χ3v) is 4.52. The molecule has 0 bridgehead atoms. The van der Waals surface area contributed by atoms with Gasteiger partial charge in [-0.15, -0.1) is 0 Å². The van der Waals surface area contributed by atoms with Gasteiger partial charge in [-0.05, 0) is 55.5 Å². The first-order valence-electron chi connectivity index (χ1n) is 9.02. The summed E-state index contributed by atoms with van der Waals surface area (Å²) in [7, 11) is 0. The zero-order valence-electron chi connectivity index (χ0n) is 15.6. The summed E-state index contributed by atoms with van der Waals surface area (Å²) in [5.41, 5.74) is 6.58. The van der Waals surface area contributed by atoms with Crippen LogP contribution in [0.1, 0.15) is 22.8 Å². The predicted octanol–water partition coefficient (Wildman–Crippen LogP) is 4.59. The molecule has 4 rings (SSSR count). The maximum absolute atomic E-state index is 13.3. The van der Waals surface area contributed by atoms with Crippen molar-refractivity contribution in [3.63, 3.8) is 0 Å². The van der Waals surface area contributed by atoms with E-state index < -0.39 is 0 Å². The van der Waals surface area contributed by atoms with Gasteiger partial charge in [0.1, 0.15) is 5.82 Å². The molecular weight excluding hydrogens is 367 g/mol. The summed E-state index contributed by atoms with van der Waals surface area (Å²) >= 11 is 0. The first-order valence-corrected chi connectivity index (χ1v) is 9.02. The second-order valence-electron chi connectivity index (χ2n) is 6.45. The van der Waals surface area contributed by atoms with Crippen LogP contribution in [0.5, 0.6) is 0 Å². The molecule has 0 aliphatic rings. The van der Waals surface area contributed by atoms with Crippen molar-refractivity contribution in [3.8, 4) is 11.3 Å². The van der Waals surface area contributed by atoms with E-state index in [0.717, 1.165) is 11.1 Å². The molecule has 0 atom stereocenters. The van der Waals surface area contributed by atoms with Crippen LogP contribution in [0.2, 0.25) is 0 Å². The Labute approximate surface area is 167 Å². The smallest absolute Gasteiger partial charge is 0.267 e. The van der Waals surface area contributed by atoms with Gasteiger partial charge in [-0.3, -0.25) is 9.78 Å². The molecule has 4 aromatic rings. The Morgan fingerprint density at radius 1 is 1.00 bits per heavy atom. The predicted molar refractivity (Wildman–Crippen MR) is 111 cm³/mol. The number of fused-ring (bicyclic) bond motifs is 1. The Morgan fingerprint density at radius 2 is 1.72 bits per heavy atom. The van der Waals surface area contributed by atoms with Crippen molar-refractivity contribution in [2.45, 2.75) is 6.92 Å². The van der Waals surface area contributed by atoms with Gasteiger partial charge >= 0.3 is 0 Å². The lowest BCUT2D eigenvalue weighted by Gasteiger charge is -2.09. The fourth-order valence-corrected chi connectivity index (χ4v) is 2.98. The minimum atomic E-state index is -0.347. The van der Waals surface area contributed by atoms with E-state index in [-0.39, 0.29) is 11.7 Å². The van der Waals surface area contributed by atoms with Crippen molar-refractivity contribution in [1.82, 2.24) is 15.4 Å². The summed E-state index contributed by atoms with van der Waals surface area (Å²) in [6.45, 7) is 1.81. The number of amides is 1. The summed E-state index contributed by atoms with van der Waals surface area (Å²) in [5, 5.41) is 4.93. The SMILES string of the molecule is C/C(=N/NC(=O)c1cc(-c2ccc(F)cc2)nc2ccccc12)c1ccncc1. The number of nitrogens with zero attached hydrogens (tertiary/aromatic N) is 3. The number of halogens is 1. The number of pyridine rings is 2. The number of hydrogen-bond acceptors (Lipinski definition) is 4. The number of hydrazone groups is 1. The maximum Gasteiger partial charge on any atom is 0.272 e. The lowest BCUT2D eigenvalue weighted by molar-refractivity contribution is 0.0956. The van der Waals surface area contributed by atoms with Gasteiger partial charge in [-0.25, -0.2) is 14.8 Å². The fraction of sp³-hybridized carbons (Fsp3) is 0.0435. The van der Waals surface area contributed by atoms with E-state index in [4.69, 9.17) is 0 Å². The molecule has 29 heavy (non-hydrogen) atoms. The highest BCUT2D eigenvalue weighted by atomic mass is 19.1. The largest absolute Gasteiger partial charge is 0.272 e. The minimum Gasteiger partial charge on any atom is -0.267 e. The van der Waals surface area contributed by atoms with Gasteiger partial charge in [-0.1, -0.05) is 18.2 Å². The quantitative estimate of drug-likeness (QED) is 0.413. The Hall–Kier alpha value is -3.93. The van der Waals surface area contributed by atoms with E-state index in [1.807, 2.05) is 43.3 Å². The number of carbonyl (C=O) groups is 1. The topological polar surface area (TPSA) is 67.2 Å². The van der Waals surface area contributed by atoms with Gasteiger partial charge < -0.3 is 0 Å². The van der Waals surface area contributed by atoms with Gasteiger partial charge in [0, 0.05) is 28.9 Å². The van der Waals surface area contributed by atoms with Crippen LogP contribution < -0.4 is 5.43 Å². The van der Waals surface area contributed by atoms with E-state index >= 15 is 0 Å². The zero-order valence-corrected chi connectivity index (χ0v) is 15.6. The highest BCUT2D eigenvalue weighted by Crippen LogP contribution is 2.25. The van der Waals surface area contributed by atoms with Gasteiger partial charge in [0.15, 0.2) is 0 Å². The summed E-state index contributed by atoms with van der Waals surface area (Å²) in [6, 6.07) is 18.7. The number of hydrogen-bond donors (Lipinski definition) is 1. The normalized spacial score (nSPS) is 11.4. The molecule has 6 heteroatoms. The molecule has 1 N–H and O–H groups in total. The van der Waals surface area contributed by atoms with E-state index in [2.05, 4.69) is 20.5 Å². The Balaban J connectivity index is 1.72. The van der Waals surface area contributed by atoms with E-state index in [1.54, 1.807) is 30.6 Å². The van der Waals surface area contributed by atoms with Crippen LogP contribution in [-0.4, -0.2) is 21.6 Å². The standard InChI is InChI=1S/C23H17FN4O/c1-15(16-10-12-25-13-11-16)27-28-23(29)20-14-22(17-6-8-18(24)9-7-17)26-21-5-3-2-4-19(20)21/h2-14H,1H3,(H,28,29)/b27-15-. The molecule has 0 saturated heterocycles. The van der Waals surface area contributed by atoms with Crippen LogP contribution >= 0.6 is 0 Å². The second kappa shape index (κ2) is 7.98. The third kappa shape index (κ3) is 4.01. The van der Waals surface area contributed by atoms with E-state index in [0.29, 0.717) is 27.9 Å². The summed E-state index contributed by atoms with van der Waals surface area (Å²) in [5.74, 6) is -0.672. The third-order valence-electron chi connectivity index (χ3n) is 4.52. The van der Waals surface area contributed by atoms with E-state index in [9.17, 15) is 9.18 Å². The molecule has 5 nitrogen and oxygen atoms in total. The number of aromatic nitrogens is 2. The van der Waals surface area contributed by atoms with Crippen molar-refractivity contribution >= 4 is 22.5 Å². The number of rotatable bonds is 4. The molecule has 0 saturated carbocycles. The fourth-order valence-electron chi connectivity index (χ4n) is 2.98. The minimum absolute atomic E-state index is 0.326. The second-order valence-corrected chi connectivity index (χ2v) is 6.45. The average molecular weight is 384 g/mol. The van der Waals surface area contributed by atoms with Crippen LogP contribution in [0, 0.1) is 5.82 Å². The van der Waals surface area contributed by atoms with Crippen LogP contribution in [0.25, 0.3) is 22.2 Å². The molecule has 2 aromatic heterocycles. The van der Waals surface area contributed by atoms with Crippen LogP contribution in [0.4, 0.5) is 4.39 Å². The van der Waals surface area contributed by atoms with Gasteiger partial charge in [0.05, 0.1) is 22.5 Å². The molecule has 0 aliphatic carbocycles. The van der Waals surface area contributed by atoms with Crippen LogP contribution in [0.3, 0.4) is 0 Å². The molecule has 142 valence electrons. The first kappa shape index (κ1) is 18.4. The van der Waals surface area contributed by atoms with Crippen molar-refractivity contribution < 1.29 is 9.18 Å². The number of nitrogens with one attached hydrogen (secondary N) is 1. The Kier molecular flexibility index (Phi) is 5.07. The van der Waals surface area contributed by atoms with Crippen LogP contribution in [0.15, 0.2) is 84.2 Å². The maximum atomic E-state index is 13.3. The Bertz CT molecular complexity index is 1200. The summed E-state index contributed by atoms with van der Waals surface area (Å²) in [4.78, 5) is 21.5. The Morgan fingerprint density at radius 3 is 2.48 bits per heavy atom. The molecule has 0 aliphatic heterocycles. The molecule has 0 unspecified atom stereocenters. The monoisotopic (exact) mass is 384 g/mol. The first-order chi connectivity index (χ1) is 14.1. The molecule has 0 radical (unpaired) electrons.